The van der Waals surface area contributed by atoms with Gasteiger partial charge in [0.2, 0.25) is 13.1 Å². The number of hydrogen-bond acceptors (Lipinski definition) is 5. The lowest BCUT2D eigenvalue weighted by Gasteiger charge is -2.47. The van der Waals surface area contributed by atoms with Crippen molar-refractivity contribution in [2.75, 3.05) is 6.54 Å². The molecule has 1 fully saturated rings. The summed E-state index contributed by atoms with van der Waals surface area (Å²) < 4.78 is 0.590. The van der Waals surface area contributed by atoms with Gasteiger partial charge in [0.05, 0.1) is 11.4 Å². The molecular weight excluding hydrogens is 625 g/mol. The Balaban J connectivity index is 1.71. The molecule has 1 heterocycles. The summed E-state index contributed by atoms with van der Waals surface area (Å²) in [7, 11) is 0. The second-order valence-corrected chi connectivity index (χ2v) is 16.5. The lowest BCUT2D eigenvalue weighted by atomic mass is 9.69. The molecule has 3 aliphatic rings. The van der Waals surface area contributed by atoms with Gasteiger partial charge in [0, 0.05) is 32.3 Å². The number of aliphatic imine (C=N–C) groups is 1. The monoisotopic (exact) mass is 672 g/mol. The summed E-state index contributed by atoms with van der Waals surface area (Å²) in [6.07, 6.45) is 9.54. The van der Waals surface area contributed by atoms with Crippen molar-refractivity contribution in [2.45, 2.75) is 110 Å². The number of aliphatic carboxylic acids is 1. The number of aldehydes is 1. The average Bonchev–Trinajstić information content (AvgIpc) is 3.22. The predicted octanol–water partition coefficient (Wildman–Crippen LogP) is 8.01. The maximum Gasteiger partial charge on any atom is 0.320 e. The molecule has 1 saturated carbocycles. The van der Waals surface area contributed by atoms with Gasteiger partial charge >= 0.3 is 5.97 Å². The van der Waals surface area contributed by atoms with E-state index in [1.807, 2.05) is 41.3 Å². The van der Waals surface area contributed by atoms with Crippen LogP contribution in [-0.2, 0) is 20.9 Å². The molecule has 0 radical (unpaired) electrons. The molecule has 1 aromatic carbocycles. The molecule has 0 saturated heterocycles. The van der Waals surface area contributed by atoms with E-state index in [1.54, 1.807) is 0 Å². The lowest BCUT2D eigenvalue weighted by molar-refractivity contribution is -0.567. The Hall–Kier alpha value is -2.84. The molecule has 3 atom stereocenters. The normalized spacial score (nSPS) is 25.1. The number of benzene rings is 1. The molecule has 4 rings (SSSR count). The van der Waals surface area contributed by atoms with Crippen LogP contribution in [0.15, 0.2) is 52.0 Å². The standard InChI is InChI=1S/C36H47Cl2N3O5/c1-34(2,3)14-13-30(24-9-7-23(8-10-24)20-40(46)21-26(22-42)33(44)45)41-32(43)31(25-17-28(37)19-29(38)18-25)39-36(41)15-11-27(12-16-36)35(4,5)6/h7-10,17-18,22,26-28,30H,11-16,19-21H2,1-6H3/p+1. The van der Waals surface area contributed by atoms with Crippen LogP contribution in [0.4, 0.5) is 0 Å². The predicted molar refractivity (Wildman–Crippen MR) is 182 cm³/mol. The molecule has 8 nitrogen and oxygen atoms in total. The van der Waals surface area contributed by atoms with E-state index in [0.717, 1.165) is 44.1 Å². The third-order valence-corrected chi connectivity index (χ3v) is 10.2. The number of carboxylic acids is 1. The molecule has 250 valence electrons. The van der Waals surface area contributed by atoms with Crippen LogP contribution in [-0.4, -0.2) is 56.2 Å². The van der Waals surface area contributed by atoms with E-state index in [1.165, 1.54) is 0 Å². The van der Waals surface area contributed by atoms with Gasteiger partial charge in [-0.1, -0.05) is 83.5 Å². The number of rotatable bonds is 11. The minimum absolute atomic E-state index is 0.0258. The topological polar surface area (TPSA) is 107 Å². The van der Waals surface area contributed by atoms with Gasteiger partial charge in [-0.05, 0) is 66.9 Å². The van der Waals surface area contributed by atoms with Crippen molar-refractivity contribution in [3.8, 4) is 0 Å². The van der Waals surface area contributed by atoms with Crippen molar-refractivity contribution in [1.82, 2.24) is 4.90 Å². The Morgan fingerprint density at radius 3 is 2.30 bits per heavy atom. The quantitative estimate of drug-likeness (QED) is 0.111. The van der Waals surface area contributed by atoms with Crippen molar-refractivity contribution in [1.29, 1.82) is 0 Å². The Bertz CT molecular complexity index is 1430. The molecule has 46 heavy (non-hydrogen) atoms. The van der Waals surface area contributed by atoms with Crippen molar-refractivity contribution < 1.29 is 24.3 Å². The molecule has 2 aliphatic carbocycles. The van der Waals surface area contributed by atoms with E-state index in [2.05, 4.69) is 41.5 Å². The maximum absolute atomic E-state index is 14.6. The fourth-order valence-corrected chi connectivity index (χ4v) is 7.59. The summed E-state index contributed by atoms with van der Waals surface area (Å²) in [5.74, 6) is -2.29. The van der Waals surface area contributed by atoms with Crippen molar-refractivity contribution in [3.05, 3.63) is 63.1 Å². The van der Waals surface area contributed by atoms with Gasteiger partial charge in [-0.2, -0.15) is 0 Å². The number of hydrogen-bond donors (Lipinski definition) is 1. The molecule has 1 aromatic rings. The van der Waals surface area contributed by atoms with Crippen LogP contribution in [0.3, 0.4) is 0 Å². The Labute approximate surface area is 282 Å². The summed E-state index contributed by atoms with van der Waals surface area (Å²) in [6.45, 7) is 12.9. The van der Waals surface area contributed by atoms with Crippen LogP contribution in [0.1, 0.15) is 104 Å². The van der Waals surface area contributed by atoms with Crippen LogP contribution >= 0.6 is 23.2 Å². The first-order valence-electron chi connectivity index (χ1n) is 16.3. The summed E-state index contributed by atoms with van der Waals surface area (Å²) >= 11 is 13.0. The molecule has 10 heteroatoms. The van der Waals surface area contributed by atoms with E-state index in [9.17, 15) is 19.3 Å². The summed E-state index contributed by atoms with van der Waals surface area (Å²) in [5, 5.41) is 9.44. The fourth-order valence-electron chi connectivity index (χ4n) is 6.92. The van der Waals surface area contributed by atoms with Gasteiger partial charge in [0.15, 0.2) is 5.92 Å². The Morgan fingerprint density at radius 1 is 1.15 bits per heavy atom. The number of carboxylic acid groups (broad SMARTS) is 1. The highest BCUT2D eigenvalue weighted by atomic mass is 35.5. The highest BCUT2D eigenvalue weighted by Crippen LogP contribution is 2.50. The van der Waals surface area contributed by atoms with Crippen LogP contribution in [0.5, 0.6) is 0 Å². The smallest absolute Gasteiger partial charge is 0.320 e. The second kappa shape index (κ2) is 14.1. The number of nitrogens with zero attached hydrogens (tertiary/aromatic N) is 3. The number of carbonyl (C=O) groups is 3. The van der Waals surface area contributed by atoms with E-state index in [0.29, 0.717) is 39.0 Å². The molecule has 0 bridgehead atoms. The summed E-state index contributed by atoms with van der Waals surface area (Å²) in [5.41, 5.74) is 2.22. The largest absolute Gasteiger partial charge is 0.481 e. The van der Waals surface area contributed by atoms with Crippen molar-refractivity contribution in [3.63, 3.8) is 0 Å². The molecular formula is C36H48Cl2N3O5+. The summed E-state index contributed by atoms with van der Waals surface area (Å²) in [6, 6.07) is 7.33. The minimum atomic E-state index is -1.38. The van der Waals surface area contributed by atoms with Crippen LogP contribution < -0.4 is 0 Å². The average molecular weight is 674 g/mol. The third kappa shape index (κ3) is 8.54. The zero-order chi connectivity index (χ0) is 34.0. The molecule has 0 aromatic heterocycles. The van der Waals surface area contributed by atoms with Crippen LogP contribution in [0.2, 0.25) is 0 Å². The number of amides is 1. The van der Waals surface area contributed by atoms with Crippen LogP contribution in [0.25, 0.3) is 0 Å². The number of halogens is 2. The van der Waals surface area contributed by atoms with Crippen molar-refractivity contribution >= 4 is 47.1 Å². The third-order valence-electron chi connectivity index (χ3n) is 9.62. The zero-order valence-electron chi connectivity index (χ0n) is 27.9. The molecule has 1 amide bonds. The number of nitroso groups, excluding NO2 is 1. The molecule has 1 N–H and O–H groups in total. The lowest BCUT2D eigenvalue weighted by Crippen LogP contribution is -2.51. The highest BCUT2D eigenvalue weighted by Gasteiger charge is 2.53. The Kier molecular flexibility index (Phi) is 11.0. The second-order valence-electron chi connectivity index (χ2n) is 15.5. The van der Waals surface area contributed by atoms with E-state index in [4.69, 9.17) is 33.3 Å². The van der Waals surface area contributed by atoms with E-state index < -0.39 is 24.1 Å². The van der Waals surface area contributed by atoms with Crippen LogP contribution in [0, 0.1) is 27.6 Å². The first-order valence-corrected chi connectivity index (χ1v) is 17.1. The fraction of sp³-hybridized carbons (Fsp3) is 0.611. The first kappa shape index (κ1) is 36.0. The maximum atomic E-state index is 14.6. The van der Waals surface area contributed by atoms with Gasteiger partial charge in [0.25, 0.3) is 5.91 Å². The molecule has 3 unspecified atom stereocenters. The first-order chi connectivity index (χ1) is 21.4. The highest BCUT2D eigenvalue weighted by molar-refractivity contribution is 6.48. The Morgan fingerprint density at radius 2 is 1.78 bits per heavy atom. The van der Waals surface area contributed by atoms with Gasteiger partial charge in [-0.25, -0.2) is 0 Å². The van der Waals surface area contributed by atoms with Gasteiger partial charge < -0.3 is 14.8 Å². The minimum Gasteiger partial charge on any atom is -0.481 e. The van der Waals surface area contributed by atoms with Gasteiger partial charge in [-0.15, -0.1) is 11.6 Å². The van der Waals surface area contributed by atoms with Crippen molar-refractivity contribution in [2.24, 2.45) is 27.7 Å². The van der Waals surface area contributed by atoms with Gasteiger partial charge in [0.1, 0.15) is 17.7 Å². The number of carbonyl (C=O) groups excluding carboxylic acids is 2. The zero-order valence-corrected chi connectivity index (χ0v) is 29.4. The summed E-state index contributed by atoms with van der Waals surface area (Å²) in [4.78, 5) is 56.7. The van der Waals surface area contributed by atoms with Gasteiger partial charge in [-0.3, -0.25) is 14.6 Å². The van der Waals surface area contributed by atoms with E-state index in [-0.39, 0.29) is 41.0 Å². The SMILES string of the molecule is CC(C)(C)CCC(c1ccc(C[N+](=O)CC(C=O)C(=O)O)cc1)N1C(=O)C(C2=CC(Cl)CC(Cl)=C2)=NC12CCC(C(C)(C)C)CC2. The molecule has 1 spiro atoms. The number of alkyl halides is 1. The van der Waals surface area contributed by atoms with E-state index >= 15 is 0 Å². The number of allylic oxidation sites excluding steroid dienone is 3. The molecule has 1 aliphatic heterocycles.